The summed E-state index contributed by atoms with van der Waals surface area (Å²) in [7, 11) is 0. The molecular weight excluding hydrogens is 330 g/mol. The molecular formula is C20H27N3OS. The van der Waals surface area contributed by atoms with Gasteiger partial charge in [0.15, 0.2) is 5.11 Å². The largest absolute Gasteiger partial charge is 0.467 e. The number of pyridine rings is 1. The molecule has 5 heteroatoms. The van der Waals surface area contributed by atoms with E-state index in [1.165, 1.54) is 44.9 Å². The van der Waals surface area contributed by atoms with Crippen molar-refractivity contribution in [3.05, 3.63) is 54.2 Å². The molecule has 2 heterocycles. The molecule has 4 nitrogen and oxygen atoms in total. The summed E-state index contributed by atoms with van der Waals surface area (Å²) in [6.07, 6.45) is 12.6. The SMILES string of the molecule is S=C(NC1CCCCCCC1)N(Cc1ccccn1)Cc1ccco1. The summed E-state index contributed by atoms with van der Waals surface area (Å²) in [6, 6.07) is 10.4. The van der Waals surface area contributed by atoms with E-state index in [2.05, 4.69) is 15.2 Å². The summed E-state index contributed by atoms with van der Waals surface area (Å²) in [4.78, 5) is 6.59. The van der Waals surface area contributed by atoms with Gasteiger partial charge < -0.3 is 14.6 Å². The summed E-state index contributed by atoms with van der Waals surface area (Å²) in [5, 5.41) is 4.41. The van der Waals surface area contributed by atoms with Gasteiger partial charge in [0.2, 0.25) is 0 Å². The van der Waals surface area contributed by atoms with Crippen LogP contribution in [0.2, 0.25) is 0 Å². The van der Waals surface area contributed by atoms with Crippen molar-refractivity contribution >= 4 is 17.3 Å². The third-order valence-electron chi connectivity index (χ3n) is 4.73. The molecule has 1 aliphatic rings. The predicted molar refractivity (Wildman–Crippen MR) is 104 cm³/mol. The predicted octanol–water partition coefficient (Wildman–Crippen LogP) is 4.66. The first-order valence-corrected chi connectivity index (χ1v) is 9.70. The Morgan fingerprint density at radius 2 is 1.88 bits per heavy atom. The van der Waals surface area contributed by atoms with Gasteiger partial charge in [-0.2, -0.15) is 0 Å². The minimum Gasteiger partial charge on any atom is -0.467 e. The zero-order valence-electron chi connectivity index (χ0n) is 14.7. The van der Waals surface area contributed by atoms with E-state index >= 15 is 0 Å². The molecule has 25 heavy (non-hydrogen) atoms. The Hall–Kier alpha value is -1.88. The summed E-state index contributed by atoms with van der Waals surface area (Å²) >= 11 is 5.75. The lowest BCUT2D eigenvalue weighted by Crippen LogP contribution is -2.44. The molecule has 1 saturated carbocycles. The van der Waals surface area contributed by atoms with Crippen LogP contribution in [0.15, 0.2) is 47.2 Å². The van der Waals surface area contributed by atoms with Gasteiger partial charge in [-0.05, 0) is 49.3 Å². The van der Waals surface area contributed by atoms with Crippen LogP contribution in [0.4, 0.5) is 0 Å². The van der Waals surface area contributed by atoms with Crippen molar-refractivity contribution < 1.29 is 4.42 Å². The Bertz CT molecular complexity index is 622. The highest BCUT2D eigenvalue weighted by Gasteiger charge is 2.18. The van der Waals surface area contributed by atoms with Crippen molar-refractivity contribution in [3.63, 3.8) is 0 Å². The molecule has 0 saturated heterocycles. The quantitative estimate of drug-likeness (QED) is 0.788. The number of furan rings is 1. The van der Waals surface area contributed by atoms with Crippen molar-refractivity contribution in [1.82, 2.24) is 15.2 Å². The molecule has 0 aliphatic heterocycles. The van der Waals surface area contributed by atoms with Crippen LogP contribution in [0.3, 0.4) is 0 Å². The van der Waals surface area contributed by atoms with E-state index in [0.717, 1.165) is 16.6 Å². The van der Waals surface area contributed by atoms with Gasteiger partial charge in [-0.3, -0.25) is 4.98 Å². The molecule has 0 unspecified atom stereocenters. The molecule has 2 aromatic rings. The normalized spacial score (nSPS) is 16.0. The van der Waals surface area contributed by atoms with Crippen molar-refractivity contribution in [1.29, 1.82) is 0 Å². The van der Waals surface area contributed by atoms with Gasteiger partial charge in [-0.1, -0.05) is 38.2 Å². The van der Waals surface area contributed by atoms with E-state index in [-0.39, 0.29) is 0 Å². The third-order valence-corrected chi connectivity index (χ3v) is 5.10. The Labute approximate surface area is 155 Å². The van der Waals surface area contributed by atoms with Crippen molar-refractivity contribution in [2.45, 2.75) is 64.1 Å². The topological polar surface area (TPSA) is 41.3 Å². The average Bonchev–Trinajstić information content (AvgIpc) is 3.10. The number of nitrogens with zero attached hydrogens (tertiary/aromatic N) is 2. The lowest BCUT2D eigenvalue weighted by molar-refractivity contribution is 0.336. The Balaban J connectivity index is 1.65. The fourth-order valence-corrected chi connectivity index (χ4v) is 3.64. The fourth-order valence-electron chi connectivity index (χ4n) is 3.34. The molecule has 134 valence electrons. The number of hydrogen-bond donors (Lipinski definition) is 1. The van der Waals surface area contributed by atoms with Crippen LogP contribution in [-0.2, 0) is 13.1 Å². The average molecular weight is 358 g/mol. The Morgan fingerprint density at radius 3 is 2.56 bits per heavy atom. The molecule has 1 fully saturated rings. The summed E-state index contributed by atoms with van der Waals surface area (Å²) in [6.45, 7) is 1.34. The highest BCUT2D eigenvalue weighted by Crippen LogP contribution is 2.18. The minimum atomic E-state index is 0.482. The van der Waals surface area contributed by atoms with Crippen LogP contribution < -0.4 is 5.32 Å². The highest BCUT2D eigenvalue weighted by molar-refractivity contribution is 7.80. The molecule has 0 radical (unpaired) electrons. The fraction of sp³-hybridized carbons (Fsp3) is 0.500. The number of nitrogens with one attached hydrogen (secondary N) is 1. The first kappa shape index (κ1) is 17.9. The van der Waals surface area contributed by atoms with Gasteiger partial charge in [0.25, 0.3) is 0 Å². The van der Waals surface area contributed by atoms with Gasteiger partial charge in [0, 0.05) is 12.2 Å². The van der Waals surface area contributed by atoms with Crippen LogP contribution in [0.25, 0.3) is 0 Å². The maximum atomic E-state index is 5.75. The van der Waals surface area contributed by atoms with E-state index in [9.17, 15) is 0 Å². The summed E-state index contributed by atoms with van der Waals surface area (Å²) in [5.74, 6) is 0.915. The summed E-state index contributed by atoms with van der Waals surface area (Å²) < 4.78 is 5.53. The molecule has 0 atom stereocenters. The molecule has 0 bridgehead atoms. The maximum absolute atomic E-state index is 5.75. The molecule has 2 aromatic heterocycles. The first-order valence-electron chi connectivity index (χ1n) is 9.29. The van der Waals surface area contributed by atoms with Crippen LogP contribution >= 0.6 is 12.2 Å². The van der Waals surface area contributed by atoms with E-state index in [1.54, 1.807) is 6.26 Å². The second kappa shape index (κ2) is 9.56. The summed E-state index contributed by atoms with van der Waals surface area (Å²) in [5.41, 5.74) is 1.01. The van der Waals surface area contributed by atoms with E-state index in [0.29, 0.717) is 19.1 Å². The molecule has 1 N–H and O–H groups in total. The van der Waals surface area contributed by atoms with Crippen molar-refractivity contribution in [2.75, 3.05) is 0 Å². The van der Waals surface area contributed by atoms with Gasteiger partial charge in [-0.15, -0.1) is 0 Å². The van der Waals surface area contributed by atoms with E-state index < -0.39 is 0 Å². The number of rotatable bonds is 5. The van der Waals surface area contributed by atoms with Gasteiger partial charge >= 0.3 is 0 Å². The Morgan fingerprint density at radius 1 is 1.08 bits per heavy atom. The van der Waals surface area contributed by atoms with Crippen molar-refractivity contribution in [3.8, 4) is 0 Å². The lowest BCUT2D eigenvalue weighted by atomic mass is 9.97. The highest BCUT2D eigenvalue weighted by atomic mass is 32.1. The smallest absolute Gasteiger partial charge is 0.169 e. The van der Waals surface area contributed by atoms with Gasteiger partial charge in [-0.25, -0.2) is 0 Å². The Kier molecular flexibility index (Phi) is 6.86. The zero-order chi connectivity index (χ0) is 17.3. The maximum Gasteiger partial charge on any atom is 0.169 e. The number of thiocarbonyl (C=S) groups is 1. The van der Waals surface area contributed by atoms with Crippen LogP contribution in [0, 0.1) is 0 Å². The van der Waals surface area contributed by atoms with Crippen LogP contribution in [0.1, 0.15) is 56.4 Å². The second-order valence-corrected chi connectivity index (χ2v) is 7.13. The van der Waals surface area contributed by atoms with E-state index in [1.807, 2.05) is 36.5 Å². The lowest BCUT2D eigenvalue weighted by Gasteiger charge is -2.29. The molecule has 0 amide bonds. The van der Waals surface area contributed by atoms with Crippen molar-refractivity contribution in [2.24, 2.45) is 0 Å². The molecule has 3 rings (SSSR count). The molecule has 0 aromatic carbocycles. The second-order valence-electron chi connectivity index (χ2n) is 6.75. The number of hydrogen-bond acceptors (Lipinski definition) is 3. The van der Waals surface area contributed by atoms with Crippen LogP contribution in [0.5, 0.6) is 0 Å². The van der Waals surface area contributed by atoms with Crippen LogP contribution in [-0.4, -0.2) is 21.0 Å². The van der Waals surface area contributed by atoms with Gasteiger partial charge in [0.1, 0.15) is 5.76 Å². The standard InChI is InChI=1S/C20H27N3OS/c25-20(22-17-9-4-2-1-3-5-10-17)23(16-19-12-8-14-24-19)15-18-11-6-7-13-21-18/h6-8,11-14,17H,1-5,9-10,15-16H2,(H,22,25). The minimum absolute atomic E-state index is 0.482. The third kappa shape index (κ3) is 5.85. The molecule has 1 aliphatic carbocycles. The van der Waals surface area contributed by atoms with E-state index in [4.69, 9.17) is 16.6 Å². The van der Waals surface area contributed by atoms with Gasteiger partial charge in [0.05, 0.1) is 25.0 Å². The monoisotopic (exact) mass is 357 g/mol. The number of aromatic nitrogens is 1. The first-order chi connectivity index (χ1) is 12.3. The molecule has 0 spiro atoms. The zero-order valence-corrected chi connectivity index (χ0v) is 15.5.